The van der Waals surface area contributed by atoms with Crippen molar-refractivity contribution in [2.24, 2.45) is 0 Å². The van der Waals surface area contributed by atoms with Crippen molar-refractivity contribution in [1.29, 1.82) is 21.0 Å². The van der Waals surface area contributed by atoms with Crippen molar-refractivity contribution in [3.63, 3.8) is 0 Å². The van der Waals surface area contributed by atoms with Gasteiger partial charge in [-0.2, -0.15) is 21.0 Å². The molecule has 0 amide bonds. The fourth-order valence-corrected chi connectivity index (χ4v) is 11.7. The maximum Gasteiger partial charge on any atom is 0.194 e. The summed E-state index contributed by atoms with van der Waals surface area (Å²) in [6, 6.07) is 83.2. The van der Waals surface area contributed by atoms with Gasteiger partial charge in [-0.15, -0.1) is 0 Å². The molecule has 13 rings (SSSR count). The minimum absolute atomic E-state index is 0.447. The molecule has 81 heavy (non-hydrogen) atoms. The molecular formula is C73H40N8. The summed E-state index contributed by atoms with van der Waals surface area (Å²) in [5.74, 6) is 0. The fourth-order valence-electron chi connectivity index (χ4n) is 11.7. The van der Waals surface area contributed by atoms with Gasteiger partial charge in [0.15, 0.2) is 11.4 Å². The second kappa shape index (κ2) is 19.8. The van der Waals surface area contributed by atoms with E-state index >= 15 is 0 Å². The van der Waals surface area contributed by atoms with Gasteiger partial charge in [-0.3, -0.25) is 0 Å². The van der Waals surface area contributed by atoms with Crippen LogP contribution in [-0.2, 0) is 0 Å². The van der Waals surface area contributed by atoms with E-state index in [2.05, 4.69) is 122 Å². The number of nitrogens with zero attached hydrogens (tertiary/aromatic N) is 8. The van der Waals surface area contributed by atoms with E-state index in [1.54, 1.807) is 0 Å². The van der Waals surface area contributed by atoms with Crippen LogP contribution in [0.25, 0.3) is 131 Å². The van der Waals surface area contributed by atoms with Crippen LogP contribution in [0.1, 0.15) is 27.8 Å². The number of hydrogen-bond acceptors (Lipinski definition) is 4. The van der Waals surface area contributed by atoms with E-state index in [9.17, 15) is 21.0 Å². The average Bonchev–Trinajstić information content (AvgIpc) is 4.28. The summed E-state index contributed by atoms with van der Waals surface area (Å²) >= 11 is 0. The van der Waals surface area contributed by atoms with Crippen molar-refractivity contribution in [3.8, 4) is 102 Å². The SMILES string of the molecule is [C-]#[N+]c1ccccc1-c1ccc2c(c1)c1cc(-c3ccccc3C#N)ccc1n2-c1ccc(-c2ccc(C)cc2C#N)cc1-c1ccc(C#N)cc1-n1c2ccc(-c3ccccc3C#N)cc2c2cc(-c3ccccc3[N+]#[C-])ccc21. The summed E-state index contributed by atoms with van der Waals surface area (Å²) in [5, 5.41) is 45.7. The molecule has 0 saturated carbocycles. The number of fused-ring (bicyclic) bond motifs is 6. The molecule has 8 nitrogen and oxygen atoms in total. The maximum atomic E-state index is 10.8. The van der Waals surface area contributed by atoms with Crippen LogP contribution in [0, 0.1) is 65.4 Å². The van der Waals surface area contributed by atoms with E-state index < -0.39 is 0 Å². The number of aryl methyl sites for hydroxylation is 1. The molecule has 11 aromatic carbocycles. The zero-order valence-electron chi connectivity index (χ0n) is 43.4. The number of aromatic nitrogens is 2. The van der Waals surface area contributed by atoms with Crippen LogP contribution in [0.2, 0.25) is 0 Å². The van der Waals surface area contributed by atoms with Gasteiger partial charge >= 0.3 is 0 Å². The Kier molecular flexibility index (Phi) is 11.9. The first-order chi connectivity index (χ1) is 39.8. The second-order valence-corrected chi connectivity index (χ2v) is 19.9. The van der Waals surface area contributed by atoms with E-state index in [4.69, 9.17) is 13.1 Å². The van der Waals surface area contributed by atoms with Crippen LogP contribution >= 0.6 is 0 Å². The Balaban J connectivity index is 1.14. The molecule has 0 radical (unpaired) electrons. The summed E-state index contributed by atoms with van der Waals surface area (Å²) in [7, 11) is 0. The predicted molar refractivity (Wildman–Crippen MR) is 324 cm³/mol. The van der Waals surface area contributed by atoms with Crippen LogP contribution < -0.4 is 0 Å². The predicted octanol–water partition coefficient (Wildman–Crippen LogP) is 18.8. The molecule has 0 N–H and O–H groups in total. The molecule has 13 aromatic rings. The van der Waals surface area contributed by atoms with E-state index in [-0.39, 0.29) is 0 Å². The third-order valence-electron chi connectivity index (χ3n) is 15.4. The standard InChI is InChI=1S/C73H40N8/c1-45-20-27-57(54(34-45)44-77)49-24-29-68(80-69-30-22-47(55-14-6-4-12-52(55)42-75)37-62(69)64-39-50(25-32-70(64)80)58-16-8-10-18-66(58)78-2)61(36-49)60-28-21-46(41-74)35-73(60)81-71-31-23-48(56-15-7-5-13-53(56)43-76)38-63(71)65-40-51(26-33-72(65)81)59-17-9-11-19-67(59)79-3/h4-40H,1H3. The van der Waals surface area contributed by atoms with Gasteiger partial charge in [-0.1, -0.05) is 133 Å². The number of para-hydroxylation sites is 2. The molecule has 372 valence electrons. The van der Waals surface area contributed by atoms with Gasteiger partial charge in [0.1, 0.15) is 0 Å². The Morgan fingerprint density at radius 3 is 1.19 bits per heavy atom. The lowest BCUT2D eigenvalue weighted by atomic mass is 9.92. The molecular weight excluding hydrogens is 989 g/mol. The Labute approximate surface area is 467 Å². The van der Waals surface area contributed by atoms with Gasteiger partial charge < -0.3 is 9.13 Å². The third kappa shape index (κ3) is 8.11. The summed E-state index contributed by atoms with van der Waals surface area (Å²) in [4.78, 5) is 7.77. The molecule has 2 aromatic heterocycles. The summed E-state index contributed by atoms with van der Waals surface area (Å²) in [6.07, 6.45) is 0. The van der Waals surface area contributed by atoms with E-state index in [1.165, 1.54) is 0 Å². The third-order valence-corrected chi connectivity index (χ3v) is 15.4. The largest absolute Gasteiger partial charge is 0.309 e. The zero-order chi connectivity index (χ0) is 55.3. The molecule has 0 aliphatic carbocycles. The fraction of sp³-hybridized carbons (Fsp3) is 0.0137. The highest BCUT2D eigenvalue weighted by molar-refractivity contribution is 6.14. The first-order valence-electron chi connectivity index (χ1n) is 26.1. The Hall–Kier alpha value is -12.0. The lowest BCUT2D eigenvalue weighted by Crippen LogP contribution is -2.03. The molecule has 0 aliphatic heterocycles. The molecule has 2 heterocycles. The van der Waals surface area contributed by atoms with E-state index in [0.717, 1.165) is 127 Å². The first-order valence-corrected chi connectivity index (χ1v) is 26.1. The van der Waals surface area contributed by atoms with Crippen molar-refractivity contribution in [1.82, 2.24) is 9.13 Å². The molecule has 0 atom stereocenters. The molecule has 0 bridgehead atoms. The lowest BCUT2D eigenvalue weighted by molar-refractivity contribution is 1.16. The summed E-state index contributed by atoms with van der Waals surface area (Å²) in [6.45, 7) is 18.1. The van der Waals surface area contributed by atoms with Crippen molar-refractivity contribution in [3.05, 3.63) is 275 Å². The van der Waals surface area contributed by atoms with Crippen molar-refractivity contribution < 1.29 is 0 Å². The van der Waals surface area contributed by atoms with Crippen LogP contribution in [0.5, 0.6) is 0 Å². The van der Waals surface area contributed by atoms with Crippen molar-refractivity contribution in [2.75, 3.05) is 0 Å². The van der Waals surface area contributed by atoms with Gasteiger partial charge in [0, 0.05) is 32.7 Å². The monoisotopic (exact) mass is 1030 g/mol. The van der Waals surface area contributed by atoms with Crippen LogP contribution in [0.3, 0.4) is 0 Å². The molecule has 0 aliphatic rings. The van der Waals surface area contributed by atoms with Gasteiger partial charge in [-0.05, 0) is 159 Å². The van der Waals surface area contributed by atoms with Crippen LogP contribution in [-0.4, -0.2) is 9.13 Å². The lowest BCUT2D eigenvalue weighted by Gasteiger charge is -2.20. The average molecular weight is 1030 g/mol. The minimum atomic E-state index is 0.447. The highest BCUT2D eigenvalue weighted by Crippen LogP contribution is 2.46. The molecule has 0 spiro atoms. The second-order valence-electron chi connectivity index (χ2n) is 19.9. The molecule has 0 saturated heterocycles. The Bertz CT molecular complexity index is 4870. The van der Waals surface area contributed by atoms with Crippen molar-refractivity contribution >= 4 is 55.0 Å². The van der Waals surface area contributed by atoms with E-state index in [0.29, 0.717) is 33.6 Å². The van der Waals surface area contributed by atoms with Gasteiger partial charge in [0.2, 0.25) is 0 Å². The highest BCUT2D eigenvalue weighted by Gasteiger charge is 2.24. The first kappa shape index (κ1) is 48.6. The van der Waals surface area contributed by atoms with Crippen LogP contribution in [0.15, 0.2) is 224 Å². The molecule has 0 unspecified atom stereocenters. The quantitative estimate of drug-likeness (QED) is 0.141. The number of nitriles is 4. The maximum absolute atomic E-state index is 10.8. The van der Waals surface area contributed by atoms with Gasteiger partial charge in [0.25, 0.3) is 0 Å². The molecule has 8 heteroatoms. The van der Waals surface area contributed by atoms with Crippen LogP contribution in [0.4, 0.5) is 11.4 Å². The number of rotatable bonds is 8. The normalized spacial score (nSPS) is 11.0. The van der Waals surface area contributed by atoms with Crippen molar-refractivity contribution in [2.45, 2.75) is 6.92 Å². The summed E-state index contributed by atoms with van der Waals surface area (Å²) < 4.78 is 4.47. The van der Waals surface area contributed by atoms with Gasteiger partial charge in [0.05, 0.1) is 93.1 Å². The van der Waals surface area contributed by atoms with E-state index in [1.807, 2.05) is 153 Å². The Morgan fingerprint density at radius 2 is 0.716 bits per heavy atom. The summed E-state index contributed by atoms with van der Waals surface area (Å²) in [5.41, 5.74) is 19.1. The van der Waals surface area contributed by atoms with Gasteiger partial charge in [-0.25, -0.2) is 9.69 Å². The topological polar surface area (TPSA) is 114 Å². The zero-order valence-corrected chi connectivity index (χ0v) is 43.4. The number of benzene rings is 11. The highest BCUT2D eigenvalue weighted by atomic mass is 15.0. The smallest absolute Gasteiger partial charge is 0.194 e. The molecule has 0 fully saturated rings. The Morgan fingerprint density at radius 1 is 0.321 bits per heavy atom. The minimum Gasteiger partial charge on any atom is -0.309 e. The number of hydrogen-bond donors (Lipinski definition) is 0.